The Morgan fingerprint density at radius 1 is 1.40 bits per heavy atom. The Balaban J connectivity index is 2.41. The number of hydrogen-bond acceptors (Lipinski definition) is 3. The van der Waals surface area contributed by atoms with E-state index >= 15 is 0 Å². The van der Waals surface area contributed by atoms with Crippen LogP contribution in [0.3, 0.4) is 0 Å². The summed E-state index contributed by atoms with van der Waals surface area (Å²) in [5, 5.41) is 6.02. The molecular weight excluding hydrogens is 261 g/mol. The maximum Gasteiger partial charge on any atom is 0.307 e. The standard InChI is InChI=1S/C14H20FN3O2/c1-10-4-5-11(8-12(10)15)9-18-14(16-2)17-7-6-13(19)20-3/h4-5,8H,6-7,9H2,1-3H3,(H2,16,17,18). The lowest BCUT2D eigenvalue weighted by atomic mass is 10.1. The number of carbonyl (C=O) groups is 1. The number of halogens is 1. The lowest BCUT2D eigenvalue weighted by Crippen LogP contribution is -2.37. The molecular formula is C14H20FN3O2. The molecule has 0 unspecified atom stereocenters. The van der Waals surface area contributed by atoms with Gasteiger partial charge in [0.15, 0.2) is 5.96 Å². The number of methoxy groups -OCH3 is 1. The van der Waals surface area contributed by atoms with Crippen molar-refractivity contribution < 1.29 is 13.9 Å². The van der Waals surface area contributed by atoms with E-state index < -0.39 is 0 Å². The second kappa shape index (κ2) is 8.14. The number of benzene rings is 1. The second-order valence-electron chi connectivity index (χ2n) is 4.26. The van der Waals surface area contributed by atoms with E-state index in [4.69, 9.17) is 0 Å². The number of esters is 1. The summed E-state index contributed by atoms with van der Waals surface area (Å²) in [4.78, 5) is 15.0. The molecule has 0 spiro atoms. The van der Waals surface area contributed by atoms with Crippen molar-refractivity contribution in [1.82, 2.24) is 10.6 Å². The van der Waals surface area contributed by atoms with Gasteiger partial charge in [-0.25, -0.2) is 4.39 Å². The first-order valence-corrected chi connectivity index (χ1v) is 6.33. The van der Waals surface area contributed by atoms with Crippen molar-refractivity contribution in [3.8, 4) is 0 Å². The van der Waals surface area contributed by atoms with Crippen molar-refractivity contribution in [3.63, 3.8) is 0 Å². The molecule has 0 aliphatic rings. The predicted octanol–water partition coefficient (Wildman–Crippen LogP) is 1.36. The Hall–Kier alpha value is -2.11. The van der Waals surface area contributed by atoms with E-state index in [9.17, 15) is 9.18 Å². The molecule has 0 heterocycles. The van der Waals surface area contributed by atoms with Crippen molar-refractivity contribution in [2.45, 2.75) is 19.9 Å². The molecule has 0 radical (unpaired) electrons. The van der Waals surface area contributed by atoms with Gasteiger partial charge in [0, 0.05) is 20.1 Å². The molecule has 0 atom stereocenters. The van der Waals surface area contributed by atoms with Gasteiger partial charge in [-0.05, 0) is 24.1 Å². The molecule has 0 saturated carbocycles. The Labute approximate surface area is 118 Å². The number of ether oxygens (including phenoxy) is 1. The summed E-state index contributed by atoms with van der Waals surface area (Å²) in [5.41, 5.74) is 1.44. The summed E-state index contributed by atoms with van der Waals surface area (Å²) >= 11 is 0. The SMILES string of the molecule is CN=C(NCCC(=O)OC)NCc1ccc(C)c(F)c1. The van der Waals surface area contributed by atoms with Gasteiger partial charge in [-0.3, -0.25) is 9.79 Å². The largest absolute Gasteiger partial charge is 0.469 e. The van der Waals surface area contributed by atoms with Crippen molar-refractivity contribution in [1.29, 1.82) is 0 Å². The fourth-order valence-corrected chi connectivity index (χ4v) is 1.54. The summed E-state index contributed by atoms with van der Waals surface area (Å²) < 4.78 is 17.9. The van der Waals surface area contributed by atoms with E-state index in [-0.39, 0.29) is 18.2 Å². The number of rotatable bonds is 5. The van der Waals surface area contributed by atoms with Crippen molar-refractivity contribution in [2.75, 3.05) is 20.7 Å². The van der Waals surface area contributed by atoms with Gasteiger partial charge in [-0.1, -0.05) is 12.1 Å². The molecule has 1 aromatic carbocycles. The van der Waals surface area contributed by atoms with Crippen LogP contribution in [0.5, 0.6) is 0 Å². The van der Waals surface area contributed by atoms with Crippen LogP contribution >= 0.6 is 0 Å². The minimum absolute atomic E-state index is 0.224. The van der Waals surface area contributed by atoms with Crippen LogP contribution in [-0.2, 0) is 16.1 Å². The van der Waals surface area contributed by atoms with E-state index in [0.29, 0.717) is 24.6 Å². The van der Waals surface area contributed by atoms with Gasteiger partial charge in [0.1, 0.15) is 5.82 Å². The van der Waals surface area contributed by atoms with E-state index in [0.717, 1.165) is 5.56 Å². The zero-order chi connectivity index (χ0) is 15.0. The van der Waals surface area contributed by atoms with Crippen LogP contribution in [0.4, 0.5) is 4.39 Å². The van der Waals surface area contributed by atoms with E-state index in [2.05, 4.69) is 20.4 Å². The van der Waals surface area contributed by atoms with Gasteiger partial charge in [-0.2, -0.15) is 0 Å². The third kappa shape index (κ3) is 5.26. The number of nitrogens with one attached hydrogen (secondary N) is 2. The van der Waals surface area contributed by atoms with Gasteiger partial charge in [0.25, 0.3) is 0 Å². The fourth-order valence-electron chi connectivity index (χ4n) is 1.54. The molecule has 2 N–H and O–H groups in total. The van der Waals surface area contributed by atoms with Gasteiger partial charge in [0.05, 0.1) is 13.5 Å². The minimum atomic E-state index is -0.284. The normalized spacial score (nSPS) is 11.1. The van der Waals surface area contributed by atoms with Crippen LogP contribution in [0.25, 0.3) is 0 Å². The zero-order valence-corrected chi connectivity index (χ0v) is 12.0. The van der Waals surface area contributed by atoms with Gasteiger partial charge >= 0.3 is 5.97 Å². The molecule has 110 valence electrons. The number of aliphatic imine (C=N–C) groups is 1. The Morgan fingerprint density at radius 3 is 2.75 bits per heavy atom. The Morgan fingerprint density at radius 2 is 2.15 bits per heavy atom. The summed E-state index contributed by atoms with van der Waals surface area (Å²) in [6.07, 6.45) is 0.260. The number of aryl methyl sites for hydroxylation is 1. The number of carbonyl (C=O) groups excluding carboxylic acids is 1. The first-order valence-electron chi connectivity index (χ1n) is 6.33. The first kappa shape index (κ1) is 15.9. The molecule has 6 heteroatoms. The minimum Gasteiger partial charge on any atom is -0.469 e. The highest BCUT2D eigenvalue weighted by Gasteiger charge is 2.03. The van der Waals surface area contributed by atoms with E-state index in [1.165, 1.54) is 13.2 Å². The summed E-state index contributed by atoms with van der Waals surface area (Å²) in [5.74, 6) is 0.0429. The third-order valence-electron chi connectivity index (χ3n) is 2.77. The molecule has 20 heavy (non-hydrogen) atoms. The highest BCUT2D eigenvalue weighted by Crippen LogP contribution is 2.08. The number of nitrogens with zero attached hydrogens (tertiary/aromatic N) is 1. The monoisotopic (exact) mass is 281 g/mol. The van der Waals surface area contributed by atoms with Crippen LogP contribution in [0.1, 0.15) is 17.5 Å². The second-order valence-corrected chi connectivity index (χ2v) is 4.26. The Kier molecular flexibility index (Phi) is 6.49. The molecule has 0 amide bonds. The molecule has 1 aromatic rings. The molecule has 0 aromatic heterocycles. The summed E-state index contributed by atoms with van der Waals surface area (Å²) in [6, 6.07) is 5.08. The van der Waals surface area contributed by atoms with Gasteiger partial charge < -0.3 is 15.4 Å². The van der Waals surface area contributed by atoms with Crippen LogP contribution in [-0.4, -0.2) is 32.6 Å². The smallest absolute Gasteiger partial charge is 0.307 e. The quantitative estimate of drug-likeness (QED) is 0.486. The van der Waals surface area contributed by atoms with Gasteiger partial charge in [-0.15, -0.1) is 0 Å². The topological polar surface area (TPSA) is 62.7 Å². The lowest BCUT2D eigenvalue weighted by molar-refractivity contribution is -0.140. The molecule has 0 bridgehead atoms. The maximum atomic E-state index is 13.4. The molecule has 0 fully saturated rings. The third-order valence-corrected chi connectivity index (χ3v) is 2.77. The van der Waals surface area contributed by atoms with Gasteiger partial charge in [0.2, 0.25) is 0 Å². The molecule has 0 saturated heterocycles. The fraction of sp³-hybridized carbons (Fsp3) is 0.429. The van der Waals surface area contributed by atoms with Crippen LogP contribution < -0.4 is 10.6 Å². The van der Waals surface area contributed by atoms with Crippen LogP contribution in [0, 0.1) is 12.7 Å². The summed E-state index contributed by atoms with van der Waals surface area (Å²) in [6.45, 7) is 2.60. The van der Waals surface area contributed by atoms with E-state index in [1.807, 2.05) is 6.07 Å². The van der Waals surface area contributed by atoms with Crippen LogP contribution in [0.15, 0.2) is 23.2 Å². The highest BCUT2D eigenvalue weighted by molar-refractivity contribution is 5.80. The Bertz CT molecular complexity index is 489. The molecule has 1 rings (SSSR count). The van der Waals surface area contributed by atoms with E-state index in [1.54, 1.807) is 20.0 Å². The van der Waals surface area contributed by atoms with Crippen LogP contribution in [0.2, 0.25) is 0 Å². The number of hydrogen-bond donors (Lipinski definition) is 2. The highest BCUT2D eigenvalue weighted by atomic mass is 19.1. The van der Waals surface area contributed by atoms with Crippen molar-refractivity contribution in [2.24, 2.45) is 4.99 Å². The average Bonchev–Trinajstić information content (AvgIpc) is 2.45. The maximum absolute atomic E-state index is 13.4. The summed E-state index contributed by atoms with van der Waals surface area (Å²) in [7, 11) is 2.98. The average molecular weight is 281 g/mol. The molecule has 0 aliphatic heterocycles. The zero-order valence-electron chi connectivity index (χ0n) is 12.0. The number of guanidine groups is 1. The van der Waals surface area contributed by atoms with Crippen molar-refractivity contribution in [3.05, 3.63) is 35.1 Å². The lowest BCUT2D eigenvalue weighted by Gasteiger charge is -2.11. The molecule has 5 nitrogen and oxygen atoms in total. The molecule has 0 aliphatic carbocycles. The predicted molar refractivity (Wildman–Crippen MR) is 76.0 cm³/mol. The van der Waals surface area contributed by atoms with Crippen molar-refractivity contribution >= 4 is 11.9 Å². The first-order chi connectivity index (χ1) is 9.56.